The topological polar surface area (TPSA) is 95.8 Å². The maximum Gasteiger partial charge on any atom is 0.164 e. The van der Waals surface area contributed by atoms with Gasteiger partial charge in [-0.2, -0.15) is 0 Å². The van der Waals surface area contributed by atoms with Crippen LogP contribution < -0.4 is 9.47 Å². The Morgan fingerprint density at radius 3 is 1.07 bits per heavy atom. The maximum absolute atomic E-state index is 7.09. The van der Waals surface area contributed by atoms with Crippen molar-refractivity contribution in [1.29, 1.82) is 0 Å². The molecule has 558 valence electrons. The number of rotatable bonds is 11. The fourth-order valence-corrected chi connectivity index (χ4v) is 19.6. The first-order valence-corrected chi connectivity index (χ1v) is 40.8. The summed E-state index contributed by atoms with van der Waals surface area (Å²) in [6.07, 6.45) is 0. The highest BCUT2D eigenvalue weighted by molar-refractivity contribution is 6.08. The first-order chi connectivity index (χ1) is 59.4. The number of ether oxygens (including phenoxy) is 2. The number of nitrogens with zero attached hydrogens (tertiary/aromatic N) is 6. The van der Waals surface area contributed by atoms with Gasteiger partial charge in [0.2, 0.25) is 0 Å². The lowest BCUT2D eigenvalue weighted by molar-refractivity contribution is 0.436. The predicted octanol–water partition coefficient (Wildman–Crippen LogP) is 27.6. The molecule has 2 aliphatic carbocycles. The van der Waals surface area contributed by atoms with Crippen LogP contribution in [0.4, 0.5) is 0 Å². The van der Waals surface area contributed by atoms with Crippen LogP contribution in [0, 0.1) is 0 Å². The number of para-hydroxylation sites is 2. The van der Waals surface area contributed by atoms with Crippen molar-refractivity contribution >= 4 is 21.5 Å². The molecular weight excluding hydrogens is 1460 g/mol. The quantitative estimate of drug-likeness (QED) is 0.118. The maximum atomic E-state index is 7.09. The van der Waals surface area contributed by atoms with E-state index in [-0.39, 0.29) is 0 Å². The SMILES string of the molecule is c1ccc(-c2cccc(-c3nc(-c4cccc(-c5ccc(-c6cccc7c6-c6ccccc6C76c7ccccc7Oc7ccc(-c8ccccc8-c8nc(-c9ccccc9)nc(-c9ccc%10c(ccc%11ccccc%11%10)c9)n8)cc76)cc5)c4)nc(-c4ccccc4-c4ccc5c(c4)C4(c6ccccc6O5)c5ccccc5-c5ccccc54)n3)c2)cc1. The van der Waals surface area contributed by atoms with E-state index in [4.69, 9.17) is 39.4 Å². The molecule has 0 bridgehead atoms. The first kappa shape index (κ1) is 68.5. The summed E-state index contributed by atoms with van der Waals surface area (Å²) in [7, 11) is 0. The lowest BCUT2D eigenvalue weighted by Gasteiger charge is -2.39. The molecule has 0 radical (unpaired) electrons. The Kier molecular flexibility index (Phi) is 15.6. The Morgan fingerprint density at radius 2 is 0.500 bits per heavy atom. The predicted molar refractivity (Wildman–Crippen MR) is 483 cm³/mol. The van der Waals surface area contributed by atoms with E-state index in [1.807, 2.05) is 24.3 Å². The average Bonchev–Trinajstić information content (AvgIpc) is 1.51. The molecule has 4 aliphatic rings. The van der Waals surface area contributed by atoms with Crippen LogP contribution in [0.3, 0.4) is 0 Å². The fraction of sp³-hybridized carbons (Fsp3) is 0.0179. The van der Waals surface area contributed by atoms with Crippen LogP contribution in [0.2, 0.25) is 0 Å². The number of fused-ring (bicyclic) bond motifs is 21. The van der Waals surface area contributed by atoms with E-state index in [9.17, 15) is 0 Å². The van der Waals surface area contributed by atoms with Crippen LogP contribution in [0.1, 0.15) is 44.5 Å². The van der Waals surface area contributed by atoms with Crippen molar-refractivity contribution in [1.82, 2.24) is 29.9 Å². The van der Waals surface area contributed by atoms with Crippen molar-refractivity contribution in [2.45, 2.75) is 10.8 Å². The summed E-state index contributed by atoms with van der Waals surface area (Å²) in [6.45, 7) is 0. The van der Waals surface area contributed by atoms with Gasteiger partial charge < -0.3 is 9.47 Å². The van der Waals surface area contributed by atoms with Gasteiger partial charge in [-0.05, 0) is 176 Å². The third kappa shape index (κ3) is 10.7. The van der Waals surface area contributed by atoms with Crippen LogP contribution in [0.5, 0.6) is 23.0 Å². The highest BCUT2D eigenvalue weighted by Gasteiger charge is 2.53. The van der Waals surface area contributed by atoms with Gasteiger partial charge in [-0.3, -0.25) is 0 Å². The number of aromatic nitrogens is 6. The molecule has 2 spiro atoms. The third-order valence-electron chi connectivity index (χ3n) is 25.0. The Morgan fingerprint density at radius 1 is 0.158 bits per heavy atom. The molecule has 20 aromatic rings. The van der Waals surface area contributed by atoms with Crippen molar-refractivity contribution in [3.63, 3.8) is 0 Å². The van der Waals surface area contributed by atoms with E-state index in [1.54, 1.807) is 0 Å². The number of benzene rings is 18. The molecule has 24 rings (SSSR count). The van der Waals surface area contributed by atoms with Crippen molar-refractivity contribution in [3.05, 3.63) is 457 Å². The Bertz CT molecular complexity index is 7580. The summed E-state index contributed by atoms with van der Waals surface area (Å²) >= 11 is 0. The first-order valence-electron chi connectivity index (χ1n) is 40.8. The molecule has 8 heteroatoms. The van der Waals surface area contributed by atoms with Gasteiger partial charge >= 0.3 is 0 Å². The highest BCUT2D eigenvalue weighted by atomic mass is 16.5. The normalized spacial score (nSPS) is 13.9. The molecule has 0 N–H and O–H groups in total. The van der Waals surface area contributed by atoms with E-state index < -0.39 is 10.8 Å². The monoisotopic (exact) mass is 1530 g/mol. The molecule has 0 saturated heterocycles. The minimum atomic E-state index is -0.787. The summed E-state index contributed by atoms with van der Waals surface area (Å²) in [4.78, 5) is 32.4. The van der Waals surface area contributed by atoms with Gasteiger partial charge in [0, 0.05) is 55.6 Å². The van der Waals surface area contributed by atoms with Gasteiger partial charge in [0.1, 0.15) is 23.0 Å². The van der Waals surface area contributed by atoms with Crippen LogP contribution in [-0.4, -0.2) is 29.9 Å². The van der Waals surface area contributed by atoms with Gasteiger partial charge in [0.25, 0.3) is 0 Å². The molecule has 1 unspecified atom stereocenters. The molecule has 0 amide bonds. The molecule has 0 fully saturated rings. The average molecular weight is 1530 g/mol. The molecule has 18 aromatic carbocycles. The fourth-order valence-electron chi connectivity index (χ4n) is 19.6. The molecule has 2 aromatic heterocycles. The zero-order chi connectivity index (χ0) is 79.0. The summed E-state index contributed by atoms with van der Waals surface area (Å²) in [6, 6.07) is 147. The lowest BCUT2D eigenvalue weighted by atomic mass is 9.65. The molecule has 4 heterocycles. The second-order valence-electron chi connectivity index (χ2n) is 31.4. The van der Waals surface area contributed by atoms with Crippen LogP contribution in [-0.2, 0) is 10.8 Å². The minimum absolute atomic E-state index is 0.558. The molecule has 1 atom stereocenters. The Labute approximate surface area is 693 Å². The number of hydrogen-bond donors (Lipinski definition) is 0. The largest absolute Gasteiger partial charge is 0.457 e. The van der Waals surface area contributed by atoms with E-state index in [2.05, 4.69) is 388 Å². The van der Waals surface area contributed by atoms with Crippen LogP contribution >= 0.6 is 0 Å². The van der Waals surface area contributed by atoms with Gasteiger partial charge in [-0.25, -0.2) is 29.9 Å². The highest BCUT2D eigenvalue weighted by Crippen LogP contribution is 2.66. The minimum Gasteiger partial charge on any atom is -0.457 e. The number of hydrogen-bond acceptors (Lipinski definition) is 8. The Hall–Kier alpha value is -15.9. The van der Waals surface area contributed by atoms with Crippen LogP contribution in [0.15, 0.2) is 413 Å². The molecule has 120 heavy (non-hydrogen) atoms. The van der Waals surface area contributed by atoms with E-state index in [1.165, 1.54) is 60.7 Å². The van der Waals surface area contributed by atoms with Gasteiger partial charge in [-0.1, -0.05) is 358 Å². The van der Waals surface area contributed by atoms with Crippen molar-refractivity contribution in [2.24, 2.45) is 0 Å². The third-order valence-corrected chi connectivity index (χ3v) is 25.0. The van der Waals surface area contributed by atoms with Gasteiger partial charge in [0.05, 0.1) is 10.8 Å². The zero-order valence-electron chi connectivity index (χ0n) is 64.8. The second kappa shape index (κ2) is 27.4. The summed E-state index contributed by atoms with van der Waals surface area (Å²) < 4.78 is 14.0. The molecule has 0 saturated carbocycles. The standard InChI is InChI=1S/C112H68N6O2/c1-3-26-69(27-4-1)74-31-23-33-79(64-74)106-114-107(117-110(116-106)90-41-12-10-36-83(90)77-59-62-102-98(67-77)111(95-47-19-21-50-100(95)119-102)92-44-16-13-38-87(92)88-39-14-17-45-93(88)111)80-34-24-32-75(65-80)70-52-54-72(55-53-70)86-43-25-49-97-104(86)91-42-15-18-46-94(91)112(97)96-48-20-22-51-101(96)120-103-63-60-78(68-99(103)112)84-37-9-11-40-89(84)109-115-105(73-29-5-2-6-30-73)113-108(118-109)81-58-61-85-76(66-81)57-56-71-28-7-8-35-82(71)85/h1-68H. The van der Waals surface area contributed by atoms with Gasteiger partial charge in [0.15, 0.2) is 34.9 Å². The van der Waals surface area contributed by atoms with Crippen LogP contribution in [0.25, 0.3) is 168 Å². The molecular formula is C112H68N6O2. The van der Waals surface area contributed by atoms with Crippen molar-refractivity contribution in [3.8, 4) is 169 Å². The summed E-state index contributed by atoms with van der Waals surface area (Å²) in [5, 5.41) is 4.71. The van der Waals surface area contributed by atoms with Crippen molar-refractivity contribution in [2.75, 3.05) is 0 Å². The van der Waals surface area contributed by atoms with E-state index >= 15 is 0 Å². The smallest absolute Gasteiger partial charge is 0.164 e. The Balaban J connectivity index is 0.604. The lowest BCUT2D eigenvalue weighted by Crippen LogP contribution is -2.32. The zero-order valence-corrected chi connectivity index (χ0v) is 64.8. The van der Waals surface area contributed by atoms with E-state index in [0.717, 1.165) is 140 Å². The van der Waals surface area contributed by atoms with Crippen molar-refractivity contribution < 1.29 is 9.47 Å². The second-order valence-corrected chi connectivity index (χ2v) is 31.4. The molecule has 8 nitrogen and oxygen atoms in total. The summed E-state index contributed by atoms with van der Waals surface area (Å²) in [5.41, 5.74) is 28.3. The summed E-state index contributed by atoms with van der Waals surface area (Å²) in [5.74, 6) is 6.75. The molecule has 2 aliphatic heterocycles. The van der Waals surface area contributed by atoms with E-state index in [0.29, 0.717) is 34.9 Å². The van der Waals surface area contributed by atoms with Gasteiger partial charge in [-0.15, -0.1) is 0 Å².